The van der Waals surface area contributed by atoms with Crippen molar-refractivity contribution in [2.75, 3.05) is 0 Å². The van der Waals surface area contributed by atoms with Gasteiger partial charge in [0.15, 0.2) is 0 Å². The summed E-state index contributed by atoms with van der Waals surface area (Å²) in [4.78, 5) is 11.0. The number of aryl methyl sites for hydroxylation is 1. The zero-order chi connectivity index (χ0) is 13.8. The fourth-order valence-electron chi connectivity index (χ4n) is 2.71. The minimum absolute atomic E-state index is 0.183. The van der Waals surface area contributed by atoms with Crippen LogP contribution < -0.4 is 5.32 Å². The first kappa shape index (κ1) is 14.4. The maximum atomic E-state index is 11.0. The van der Waals surface area contributed by atoms with E-state index in [-0.39, 0.29) is 5.92 Å². The van der Waals surface area contributed by atoms with Crippen LogP contribution in [0.15, 0.2) is 18.2 Å². The summed E-state index contributed by atoms with van der Waals surface area (Å²) in [6, 6.07) is 6.19. The van der Waals surface area contributed by atoms with E-state index in [2.05, 4.69) is 5.32 Å². The van der Waals surface area contributed by atoms with E-state index in [0.717, 1.165) is 37.3 Å². The second-order valence-corrected chi connectivity index (χ2v) is 5.79. The number of carbonyl (C=O) groups is 1. The molecule has 0 aromatic heterocycles. The van der Waals surface area contributed by atoms with E-state index in [1.807, 2.05) is 25.1 Å². The molecular formula is C15H20ClNO2. The number of halogens is 1. The lowest BCUT2D eigenvalue weighted by molar-refractivity contribution is -0.143. The molecule has 0 bridgehead atoms. The standard InChI is InChI=1S/C15H20ClNO2/c1-10-7-13(16)6-5-12(10)9-17-14-4-2-3-11(8-14)15(18)19/h5-7,11,14,17H,2-4,8-9H2,1H3,(H,18,19). The Kier molecular flexibility index (Phi) is 4.83. The molecule has 3 nitrogen and oxygen atoms in total. The first-order chi connectivity index (χ1) is 9.06. The number of benzene rings is 1. The van der Waals surface area contributed by atoms with Crippen molar-refractivity contribution in [1.82, 2.24) is 5.32 Å². The van der Waals surface area contributed by atoms with Gasteiger partial charge in [-0.2, -0.15) is 0 Å². The molecular weight excluding hydrogens is 262 g/mol. The molecule has 0 radical (unpaired) electrons. The first-order valence-electron chi connectivity index (χ1n) is 6.77. The third-order valence-corrected chi connectivity index (χ3v) is 4.14. The predicted molar refractivity (Wildman–Crippen MR) is 76.4 cm³/mol. The molecule has 19 heavy (non-hydrogen) atoms. The monoisotopic (exact) mass is 281 g/mol. The van der Waals surface area contributed by atoms with E-state index in [9.17, 15) is 4.79 Å². The molecule has 2 N–H and O–H groups in total. The quantitative estimate of drug-likeness (QED) is 0.889. The van der Waals surface area contributed by atoms with Crippen LogP contribution in [0.1, 0.15) is 36.8 Å². The number of hydrogen-bond acceptors (Lipinski definition) is 2. The van der Waals surface area contributed by atoms with Gasteiger partial charge in [0.1, 0.15) is 0 Å². The number of carboxylic acid groups (broad SMARTS) is 1. The fourth-order valence-corrected chi connectivity index (χ4v) is 2.94. The maximum absolute atomic E-state index is 11.0. The molecule has 1 aromatic rings. The lowest BCUT2D eigenvalue weighted by atomic mass is 9.85. The average molecular weight is 282 g/mol. The van der Waals surface area contributed by atoms with Crippen LogP contribution in [0.5, 0.6) is 0 Å². The van der Waals surface area contributed by atoms with Crippen molar-refractivity contribution < 1.29 is 9.90 Å². The van der Waals surface area contributed by atoms with E-state index in [4.69, 9.17) is 16.7 Å². The van der Waals surface area contributed by atoms with Gasteiger partial charge in [0.25, 0.3) is 0 Å². The summed E-state index contributed by atoms with van der Waals surface area (Å²) in [5.41, 5.74) is 2.40. The normalized spacial score (nSPS) is 23.3. The van der Waals surface area contributed by atoms with Crippen LogP contribution in [0.3, 0.4) is 0 Å². The highest BCUT2D eigenvalue weighted by molar-refractivity contribution is 6.30. The number of nitrogens with one attached hydrogen (secondary N) is 1. The Morgan fingerprint density at radius 1 is 1.47 bits per heavy atom. The third kappa shape index (κ3) is 3.95. The van der Waals surface area contributed by atoms with Crippen molar-refractivity contribution in [3.8, 4) is 0 Å². The van der Waals surface area contributed by atoms with Gasteiger partial charge in [-0.3, -0.25) is 4.79 Å². The van der Waals surface area contributed by atoms with Gasteiger partial charge in [-0.15, -0.1) is 0 Å². The molecule has 0 saturated heterocycles. The van der Waals surface area contributed by atoms with Crippen molar-refractivity contribution in [2.45, 2.75) is 45.2 Å². The predicted octanol–water partition coefficient (Wildman–Crippen LogP) is 3.38. The summed E-state index contributed by atoms with van der Waals surface area (Å²) >= 11 is 5.93. The lowest BCUT2D eigenvalue weighted by Gasteiger charge is -2.27. The summed E-state index contributed by atoms with van der Waals surface area (Å²) in [5.74, 6) is -0.841. The molecule has 0 spiro atoms. The molecule has 2 unspecified atom stereocenters. The Hall–Kier alpha value is -1.06. The van der Waals surface area contributed by atoms with E-state index >= 15 is 0 Å². The SMILES string of the molecule is Cc1cc(Cl)ccc1CNC1CCCC(C(=O)O)C1. The summed E-state index contributed by atoms with van der Waals surface area (Å²) < 4.78 is 0. The molecule has 104 valence electrons. The Morgan fingerprint density at radius 3 is 2.95 bits per heavy atom. The zero-order valence-electron chi connectivity index (χ0n) is 11.2. The van der Waals surface area contributed by atoms with Gasteiger partial charge in [-0.25, -0.2) is 0 Å². The summed E-state index contributed by atoms with van der Waals surface area (Å²) in [6.07, 6.45) is 3.61. The van der Waals surface area contributed by atoms with E-state index in [0.29, 0.717) is 6.04 Å². The second kappa shape index (κ2) is 6.40. The molecule has 1 aliphatic rings. The Morgan fingerprint density at radius 2 is 2.26 bits per heavy atom. The van der Waals surface area contributed by atoms with Gasteiger partial charge in [0.2, 0.25) is 0 Å². The minimum Gasteiger partial charge on any atom is -0.481 e. The molecule has 2 atom stereocenters. The highest BCUT2D eigenvalue weighted by Gasteiger charge is 2.26. The van der Waals surface area contributed by atoms with Gasteiger partial charge in [-0.1, -0.05) is 24.1 Å². The van der Waals surface area contributed by atoms with Gasteiger partial charge in [0.05, 0.1) is 5.92 Å². The van der Waals surface area contributed by atoms with Crippen LogP contribution in [0.4, 0.5) is 0 Å². The number of rotatable bonds is 4. The van der Waals surface area contributed by atoms with E-state index in [1.165, 1.54) is 11.1 Å². The van der Waals surface area contributed by atoms with Gasteiger partial charge < -0.3 is 10.4 Å². The van der Waals surface area contributed by atoms with Gasteiger partial charge >= 0.3 is 5.97 Å². The topological polar surface area (TPSA) is 49.3 Å². The average Bonchev–Trinajstić information content (AvgIpc) is 2.38. The number of carboxylic acids is 1. The molecule has 1 saturated carbocycles. The van der Waals surface area contributed by atoms with Crippen molar-refractivity contribution in [3.05, 3.63) is 34.3 Å². The molecule has 0 amide bonds. The molecule has 1 aliphatic carbocycles. The molecule has 2 rings (SSSR count). The van der Waals surface area contributed by atoms with E-state index < -0.39 is 5.97 Å². The summed E-state index contributed by atoms with van der Waals surface area (Å²) in [7, 11) is 0. The van der Waals surface area contributed by atoms with E-state index in [1.54, 1.807) is 0 Å². The highest BCUT2D eigenvalue weighted by Crippen LogP contribution is 2.25. The van der Waals surface area contributed by atoms with Crippen LogP contribution in [0.2, 0.25) is 5.02 Å². The Bertz CT molecular complexity index is 461. The number of aliphatic carboxylic acids is 1. The largest absolute Gasteiger partial charge is 0.481 e. The molecule has 1 aromatic carbocycles. The van der Waals surface area contributed by atoms with Gasteiger partial charge in [-0.05, 0) is 49.4 Å². The fraction of sp³-hybridized carbons (Fsp3) is 0.533. The third-order valence-electron chi connectivity index (χ3n) is 3.91. The van der Waals surface area contributed by atoms with Crippen LogP contribution in [0, 0.1) is 12.8 Å². The Labute approximate surface area is 119 Å². The minimum atomic E-state index is -0.658. The van der Waals surface area contributed by atoms with Crippen molar-refractivity contribution in [1.29, 1.82) is 0 Å². The first-order valence-corrected chi connectivity index (χ1v) is 7.15. The Balaban J connectivity index is 1.89. The number of hydrogen-bond donors (Lipinski definition) is 2. The molecule has 1 fully saturated rings. The molecule has 0 heterocycles. The molecule has 0 aliphatic heterocycles. The summed E-state index contributed by atoms with van der Waals surface area (Å²) in [6.45, 7) is 2.82. The van der Waals surface area contributed by atoms with Crippen LogP contribution in [-0.2, 0) is 11.3 Å². The smallest absolute Gasteiger partial charge is 0.306 e. The second-order valence-electron chi connectivity index (χ2n) is 5.35. The highest BCUT2D eigenvalue weighted by atomic mass is 35.5. The molecule has 4 heteroatoms. The van der Waals surface area contributed by atoms with Crippen molar-refractivity contribution in [3.63, 3.8) is 0 Å². The zero-order valence-corrected chi connectivity index (χ0v) is 11.9. The van der Waals surface area contributed by atoms with Crippen LogP contribution in [-0.4, -0.2) is 17.1 Å². The lowest BCUT2D eigenvalue weighted by Crippen LogP contribution is -2.36. The van der Waals surface area contributed by atoms with Crippen molar-refractivity contribution >= 4 is 17.6 Å². The van der Waals surface area contributed by atoms with Crippen molar-refractivity contribution in [2.24, 2.45) is 5.92 Å². The van der Waals surface area contributed by atoms with Gasteiger partial charge in [0, 0.05) is 17.6 Å². The van der Waals surface area contributed by atoms with Crippen LogP contribution >= 0.6 is 11.6 Å². The summed E-state index contributed by atoms with van der Waals surface area (Å²) in [5, 5.41) is 13.3. The van der Waals surface area contributed by atoms with Crippen LogP contribution in [0.25, 0.3) is 0 Å². The maximum Gasteiger partial charge on any atom is 0.306 e.